The van der Waals surface area contributed by atoms with Crippen molar-refractivity contribution in [2.75, 3.05) is 11.8 Å². The van der Waals surface area contributed by atoms with Crippen molar-refractivity contribution in [2.24, 2.45) is 0 Å². The van der Waals surface area contributed by atoms with Crippen LogP contribution in [0.2, 0.25) is 0 Å². The quantitative estimate of drug-likeness (QED) is 0.582. The molecule has 0 radical (unpaired) electrons. The van der Waals surface area contributed by atoms with E-state index >= 15 is 0 Å². The first-order valence-electron chi connectivity index (χ1n) is 4.10. The summed E-state index contributed by atoms with van der Waals surface area (Å²) in [5.74, 6) is -0.681. The van der Waals surface area contributed by atoms with Crippen molar-refractivity contribution in [3.8, 4) is 0 Å². The van der Waals surface area contributed by atoms with E-state index < -0.39 is 11.9 Å². The third-order valence-corrected chi connectivity index (χ3v) is 1.58. The number of hydrogen-bond donors (Lipinski definition) is 2. The van der Waals surface area contributed by atoms with E-state index in [1.807, 2.05) is 0 Å². The zero-order chi connectivity index (χ0) is 11.4. The Bertz CT molecular complexity index is 149. The fourth-order valence-electron chi connectivity index (χ4n) is 0.436. The summed E-state index contributed by atoms with van der Waals surface area (Å²) in [6, 6.07) is 0. The summed E-state index contributed by atoms with van der Waals surface area (Å²) in [6.07, 6.45) is 1.50. The van der Waals surface area contributed by atoms with Crippen molar-refractivity contribution in [2.45, 2.75) is 25.7 Å². The second-order valence-corrected chi connectivity index (χ2v) is 3.13. The molecular formula is C8H14Cl2O4Zn. The SMILES string of the molecule is O=C(O)CCCCl.O=C(O)CCCCl.[Zn]. The Labute approximate surface area is 112 Å². The first kappa shape index (κ1) is 20.5. The van der Waals surface area contributed by atoms with Gasteiger partial charge in [-0.3, -0.25) is 9.59 Å². The largest absolute Gasteiger partial charge is 0.481 e. The maximum atomic E-state index is 9.70. The van der Waals surface area contributed by atoms with E-state index in [4.69, 9.17) is 33.4 Å². The van der Waals surface area contributed by atoms with Crippen LogP contribution in [-0.2, 0) is 29.1 Å². The van der Waals surface area contributed by atoms with Crippen molar-refractivity contribution in [1.82, 2.24) is 0 Å². The van der Waals surface area contributed by atoms with Gasteiger partial charge in [-0.05, 0) is 12.8 Å². The van der Waals surface area contributed by atoms with Gasteiger partial charge in [0.05, 0.1) is 0 Å². The van der Waals surface area contributed by atoms with Crippen LogP contribution in [0.15, 0.2) is 0 Å². The average molecular weight is 310 g/mol. The summed E-state index contributed by atoms with van der Waals surface area (Å²) in [4.78, 5) is 19.4. The van der Waals surface area contributed by atoms with Gasteiger partial charge in [-0.1, -0.05) is 0 Å². The van der Waals surface area contributed by atoms with E-state index in [9.17, 15) is 9.59 Å². The monoisotopic (exact) mass is 308 g/mol. The van der Waals surface area contributed by atoms with E-state index in [1.165, 1.54) is 0 Å². The van der Waals surface area contributed by atoms with Gasteiger partial charge in [0, 0.05) is 44.1 Å². The molecule has 0 amide bonds. The van der Waals surface area contributed by atoms with Crippen LogP contribution in [0, 0.1) is 0 Å². The minimum absolute atomic E-state index is 0. The van der Waals surface area contributed by atoms with Crippen LogP contribution in [-0.4, -0.2) is 33.9 Å². The van der Waals surface area contributed by atoms with Gasteiger partial charge in [-0.15, -0.1) is 23.2 Å². The fraction of sp³-hybridized carbons (Fsp3) is 0.750. The molecule has 0 aliphatic heterocycles. The first-order chi connectivity index (χ1) is 6.54. The number of aliphatic carboxylic acids is 2. The van der Waals surface area contributed by atoms with E-state index in [1.54, 1.807) is 0 Å². The standard InChI is InChI=1S/2C4H7ClO2.Zn/c2*5-3-1-2-4(6)7;/h2*1-3H2,(H,6,7);. The molecule has 86 valence electrons. The number of carboxylic acid groups (broad SMARTS) is 2. The van der Waals surface area contributed by atoms with Crippen molar-refractivity contribution >= 4 is 35.1 Å². The topological polar surface area (TPSA) is 74.6 Å². The van der Waals surface area contributed by atoms with E-state index in [0.717, 1.165) is 0 Å². The van der Waals surface area contributed by atoms with Crippen LogP contribution in [0.25, 0.3) is 0 Å². The molecule has 0 aliphatic rings. The number of hydrogen-bond acceptors (Lipinski definition) is 2. The Morgan fingerprint density at radius 3 is 1.20 bits per heavy atom. The van der Waals surface area contributed by atoms with E-state index in [-0.39, 0.29) is 32.3 Å². The molecule has 0 aromatic rings. The predicted octanol–water partition coefficient (Wildman–Crippen LogP) is 2.18. The molecule has 4 nitrogen and oxygen atoms in total. The second kappa shape index (κ2) is 16.6. The zero-order valence-electron chi connectivity index (χ0n) is 8.42. The first-order valence-corrected chi connectivity index (χ1v) is 5.17. The van der Waals surface area contributed by atoms with Crippen LogP contribution < -0.4 is 0 Å². The molecule has 0 heterocycles. The van der Waals surface area contributed by atoms with Crippen molar-refractivity contribution < 1.29 is 39.3 Å². The summed E-state index contributed by atoms with van der Waals surface area (Å²) in [5, 5.41) is 16.0. The van der Waals surface area contributed by atoms with Gasteiger partial charge in [0.1, 0.15) is 0 Å². The van der Waals surface area contributed by atoms with Crippen LogP contribution in [0.5, 0.6) is 0 Å². The Kier molecular flexibility index (Phi) is 22.7. The van der Waals surface area contributed by atoms with E-state index in [0.29, 0.717) is 24.6 Å². The van der Waals surface area contributed by atoms with Crippen molar-refractivity contribution in [3.05, 3.63) is 0 Å². The fourth-order valence-corrected chi connectivity index (χ4v) is 0.703. The Hall–Kier alpha value is 0.143. The van der Waals surface area contributed by atoms with Crippen molar-refractivity contribution in [1.29, 1.82) is 0 Å². The molecule has 7 heteroatoms. The third kappa shape index (κ3) is 31.5. The molecule has 0 fully saturated rings. The molecule has 0 aromatic heterocycles. The van der Waals surface area contributed by atoms with Gasteiger partial charge in [-0.25, -0.2) is 0 Å². The predicted molar refractivity (Wildman–Crippen MR) is 55.2 cm³/mol. The molecule has 0 unspecified atom stereocenters. The number of alkyl halides is 2. The summed E-state index contributed by atoms with van der Waals surface area (Å²) < 4.78 is 0. The van der Waals surface area contributed by atoms with Crippen LogP contribution in [0.4, 0.5) is 0 Å². The molecule has 0 saturated heterocycles. The molecule has 0 bridgehead atoms. The van der Waals surface area contributed by atoms with Gasteiger partial charge < -0.3 is 10.2 Å². The van der Waals surface area contributed by atoms with E-state index in [2.05, 4.69) is 0 Å². The average Bonchev–Trinajstić information content (AvgIpc) is 2.12. The van der Waals surface area contributed by atoms with Crippen LogP contribution >= 0.6 is 23.2 Å². The Morgan fingerprint density at radius 1 is 0.867 bits per heavy atom. The van der Waals surface area contributed by atoms with Gasteiger partial charge in [0.15, 0.2) is 0 Å². The van der Waals surface area contributed by atoms with Gasteiger partial charge >= 0.3 is 11.9 Å². The normalized spacial score (nSPS) is 8.13. The number of halogens is 2. The maximum absolute atomic E-state index is 9.70. The zero-order valence-corrected chi connectivity index (χ0v) is 12.9. The molecule has 0 atom stereocenters. The molecule has 15 heavy (non-hydrogen) atoms. The summed E-state index contributed by atoms with van der Waals surface area (Å²) in [7, 11) is 0. The summed E-state index contributed by atoms with van der Waals surface area (Å²) >= 11 is 10.4. The van der Waals surface area contributed by atoms with Crippen LogP contribution in [0.1, 0.15) is 25.7 Å². The van der Waals surface area contributed by atoms with Gasteiger partial charge in [-0.2, -0.15) is 0 Å². The molecule has 0 rings (SSSR count). The third-order valence-electron chi connectivity index (χ3n) is 1.05. The Morgan fingerprint density at radius 2 is 1.13 bits per heavy atom. The van der Waals surface area contributed by atoms with Crippen LogP contribution in [0.3, 0.4) is 0 Å². The number of carboxylic acids is 2. The molecule has 0 aliphatic carbocycles. The number of carbonyl (C=O) groups is 2. The molecule has 0 saturated carbocycles. The molecule has 2 N–H and O–H groups in total. The maximum Gasteiger partial charge on any atom is 0.303 e. The minimum atomic E-state index is -0.777. The molecule has 0 spiro atoms. The van der Waals surface area contributed by atoms with Gasteiger partial charge in [0.2, 0.25) is 0 Å². The number of rotatable bonds is 6. The summed E-state index contributed by atoms with van der Waals surface area (Å²) in [5.41, 5.74) is 0. The molecule has 0 aromatic carbocycles. The second-order valence-electron chi connectivity index (χ2n) is 2.37. The molecular weight excluding hydrogens is 296 g/mol. The van der Waals surface area contributed by atoms with Gasteiger partial charge in [0.25, 0.3) is 0 Å². The summed E-state index contributed by atoms with van der Waals surface area (Å²) in [6.45, 7) is 0. The minimum Gasteiger partial charge on any atom is -0.481 e. The Balaban J connectivity index is -0.000000180. The van der Waals surface area contributed by atoms with Crippen molar-refractivity contribution in [3.63, 3.8) is 0 Å². The smallest absolute Gasteiger partial charge is 0.303 e.